The van der Waals surface area contributed by atoms with Gasteiger partial charge in [-0.2, -0.15) is 0 Å². The van der Waals surface area contributed by atoms with E-state index >= 15 is 0 Å². The standard InChI is InChI=1S/C11H18N2O3/c1-8-10(9(2)16-12-8)11(14)13(3)6-5-7-15-4/h5-7H2,1-4H3. The van der Waals surface area contributed by atoms with E-state index in [1.54, 1.807) is 32.9 Å². The van der Waals surface area contributed by atoms with Crippen LogP contribution in [0.15, 0.2) is 4.52 Å². The fourth-order valence-electron chi connectivity index (χ4n) is 1.53. The molecule has 1 rings (SSSR count). The largest absolute Gasteiger partial charge is 0.385 e. The zero-order valence-electron chi connectivity index (χ0n) is 10.2. The van der Waals surface area contributed by atoms with Gasteiger partial charge >= 0.3 is 0 Å². The number of hydrogen-bond donors (Lipinski definition) is 0. The van der Waals surface area contributed by atoms with Crippen molar-refractivity contribution in [1.82, 2.24) is 10.1 Å². The Morgan fingerprint density at radius 1 is 1.50 bits per heavy atom. The molecule has 0 saturated carbocycles. The van der Waals surface area contributed by atoms with Gasteiger partial charge in [-0.3, -0.25) is 4.79 Å². The van der Waals surface area contributed by atoms with E-state index in [1.165, 1.54) is 0 Å². The number of rotatable bonds is 5. The van der Waals surface area contributed by atoms with E-state index < -0.39 is 0 Å². The van der Waals surface area contributed by atoms with Gasteiger partial charge in [-0.1, -0.05) is 5.16 Å². The minimum atomic E-state index is -0.0487. The molecule has 16 heavy (non-hydrogen) atoms. The van der Waals surface area contributed by atoms with Gasteiger partial charge < -0.3 is 14.2 Å². The SMILES string of the molecule is COCCCN(C)C(=O)c1c(C)noc1C. The first-order chi connectivity index (χ1) is 7.57. The maximum absolute atomic E-state index is 12.0. The molecule has 0 aliphatic carbocycles. The summed E-state index contributed by atoms with van der Waals surface area (Å²) in [5.41, 5.74) is 1.21. The highest BCUT2D eigenvalue weighted by Gasteiger charge is 2.20. The summed E-state index contributed by atoms with van der Waals surface area (Å²) in [5.74, 6) is 0.522. The molecule has 0 fully saturated rings. The van der Waals surface area contributed by atoms with E-state index in [0.717, 1.165) is 6.42 Å². The summed E-state index contributed by atoms with van der Waals surface area (Å²) in [6.45, 7) is 4.83. The zero-order valence-corrected chi connectivity index (χ0v) is 10.2. The lowest BCUT2D eigenvalue weighted by atomic mass is 10.2. The smallest absolute Gasteiger partial charge is 0.259 e. The van der Waals surface area contributed by atoms with Crippen molar-refractivity contribution in [2.24, 2.45) is 0 Å². The first-order valence-corrected chi connectivity index (χ1v) is 5.25. The molecule has 0 radical (unpaired) electrons. The fourth-order valence-corrected chi connectivity index (χ4v) is 1.53. The highest BCUT2D eigenvalue weighted by atomic mass is 16.5. The maximum Gasteiger partial charge on any atom is 0.259 e. The Balaban J connectivity index is 2.63. The van der Waals surface area contributed by atoms with Crippen LogP contribution in [-0.4, -0.2) is 43.3 Å². The van der Waals surface area contributed by atoms with Gasteiger partial charge in [-0.05, 0) is 20.3 Å². The quantitative estimate of drug-likeness (QED) is 0.712. The van der Waals surface area contributed by atoms with Crippen molar-refractivity contribution in [2.45, 2.75) is 20.3 Å². The van der Waals surface area contributed by atoms with Crippen molar-refractivity contribution in [2.75, 3.05) is 27.3 Å². The van der Waals surface area contributed by atoms with Crippen molar-refractivity contribution in [3.8, 4) is 0 Å². The predicted octanol–water partition coefficient (Wildman–Crippen LogP) is 1.40. The highest BCUT2D eigenvalue weighted by molar-refractivity contribution is 5.95. The van der Waals surface area contributed by atoms with Crippen LogP contribution in [0.5, 0.6) is 0 Å². The summed E-state index contributed by atoms with van der Waals surface area (Å²) in [6.07, 6.45) is 0.822. The predicted molar refractivity (Wildman–Crippen MR) is 59.4 cm³/mol. The number of aryl methyl sites for hydroxylation is 2. The number of methoxy groups -OCH3 is 1. The van der Waals surface area contributed by atoms with E-state index in [1.807, 2.05) is 0 Å². The van der Waals surface area contributed by atoms with Crippen molar-refractivity contribution >= 4 is 5.91 Å². The van der Waals surface area contributed by atoms with Crippen LogP contribution in [-0.2, 0) is 4.74 Å². The molecule has 0 bridgehead atoms. The molecule has 0 aliphatic rings. The van der Waals surface area contributed by atoms with E-state index in [-0.39, 0.29) is 5.91 Å². The van der Waals surface area contributed by atoms with E-state index in [9.17, 15) is 4.79 Å². The van der Waals surface area contributed by atoms with Crippen LogP contribution in [0.3, 0.4) is 0 Å². The van der Waals surface area contributed by atoms with Gasteiger partial charge in [0.1, 0.15) is 11.3 Å². The Hall–Kier alpha value is -1.36. The van der Waals surface area contributed by atoms with Crippen molar-refractivity contribution in [3.05, 3.63) is 17.0 Å². The van der Waals surface area contributed by atoms with Gasteiger partial charge in [-0.25, -0.2) is 0 Å². The zero-order chi connectivity index (χ0) is 12.1. The van der Waals surface area contributed by atoms with Gasteiger partial charge in [-0.15, -0.1) is 0 Å². The Bertz CT molecular complexity index is 341. The van der Waals surface area contributed by atoms with Gasteiger partial charge in [0, 0.05) is 27.3 Å². The molecule has 0 aromatic carbocycles. The topological polar surface area (TPSA) is 55.6 Å². The molecule has 90 valence electrons. The third kappa shape index (κ3) is 2.82. The Morgan fingerprint density at radius 3 is 2.69 bits per heavy atom. The monoisotopic (exact) mass is 226 g/mol. The average Bonchev–Trinajstić information content (AvgIpc) is 2.58. The van der Waals surface area contributed by atoms with Gasteiger partial charge in [0.2, 0.25) is 0 Å². The van der Waals surface area contributed by atoms with Crippen LogP contribution in [0.2, 0.25) is 0 Å². The summed E-state index contributed by atoms with van der Waals surface area (Å²) in [7, 11) is 3.42. The molecular formula is C11H18N2O3. The minimum Gasteiger partial charge on any atom is -0.385 e. The number of nitrogens with zero attached hydrogens (tertiary/aromatic N) is 2. The lowest BCUT2D eigenvalue weighted by molar-refractivity contribution is 0.0777. The van der Waals surface area contributed by atoms with Crippen molar-refractivity contribution < 1.29 is 14.1 Å². The van der Waals surface area contributed by atoms with Crippen LogP contribution >= 0.6 is 0 Å². The van der Waals surface area contributed by atoms with Crippen LogP contribution < -0.4 is 0 Å². The van der Waals surface area contributed by atoms with Gasteiger partial charge in [0.25, 0.3) is 5.91 Å². The molecule has 0 spiro atoms. The van der Waals surface area contributed by atoms with E-state index in [0.29, 0.717) is 30.2 Å². The average molecular weight is 226 g/mol. The number of aromatic nitrogens is 1. The lowest BCUT2D eigenvalue weighted by Gasteiger charge is -2.16. The Kier molecular flexibility index (Phi) is 4.49. The first-order valence-electron chi connectivity index (χ1n) is 5.25. The first kappa shape index (κ1) is 12.7. The number of carbonyl (C=O) groups is 1. The van der Waals surface area contributed by atoms with Gasteiger partial charge in [0.15, 0.2) is 0 Å². The second-order valence-electron chi connectivity index (χ2n) is 3.77. The third-order valence-electron chi connectivity index (χ3n) is 2.44. The summed E-state index contributed by atoms with van der Waals surface area (Å²) >= 11 is 0. The third-order valence-corrected chi connectivity index (χ3v) is 2.44. The molecule has 0 unspecified atom stereocenters. The number of hydrogen-bond acceptors (Lipinski definition) is 4. The summed E-state index contributed by atoms with van der Waals surface area (Å²) in [4.78, 5) is 13.7. The molecule has 1 aromatic heterocycles. The van der Waals surface area contributed by atoms with Crippen molar-refractivity contribution in [1.29, 1.82) is 0 Å². The van der Waals surface area contributed by atoms with E-state index in [4.69, 9.17) is 9.26 Å². The van der Waals surface area contributed by atoms with E-state index in [2.05, 4.69) is 5.16 Å². The molecule has 5 nitrogen and oxygen atoms in total. The molecule has 0 atom stereocenters. The van der Waals surface area contributed by atoms with Crippen LogP contribution in [0, 0.1) is 13.8 Å². The van der Waals surface area contributed by atoms with Gasteiger partial charge in [0.05, 0.1) is 5.69 Å². The fraction of sp³-hybridized carbons (Fsp3) is 0.636. The molecular weight excluding hydrogens is 208 g/mol. The molecule has 0 N–H and O–H groups in total. The maximum atomic E-state index is 12.0. The number of ether oxygens (including phenoxy) is 1. The van der Waals surface area contributed by atoms with Crippen LogP contribution in [0.25, 0.3) is 0 Å². The van der Waals surface area contributed by atoms with Crippen LogP contribution in [0.4, 0.5) is 0 Å². The number of carbonyl (C=O) groups excluding carboxylic acids is 1. The normalized spacial score (nSPS) is 10.5. The molecule has 1 aromatic rings. The summed E-state index contributed by atoms with van der Waals surface area (Å²) < 4.78 is 9.91. The second-order valence-corrected chi connectivity index (χ2v) is 3.77. The Morgan fingerprint density at radius 2 is 2.19 bits per heavy atom. The Labute approximate surface area is 95.4 Å². The summed E-state index contributed by atoms with van der Waals surface area (Å²) in [6, 6.07) is 0. The molecule has 0 saturated heterocycles. The lowest BCUT2D eigenvalue weighted by Crippen LogP contribution is -2.29. The molecule has 5 heteroatoms. The van der Waals surface area contributed by atoms with Crippen molar-refractivity contribution in [3.63, 3.8) is 0 Å². The molecule has 1 heterocycles. The molecule has 1 amide bonds. The number of amides is 1. The summed E-state index contributed by atoms with van der Waals surface area (Å²) in [5, 5.41) is 3.77. The highest BCUT2D eigenvalue weighted by Crippen LogP contribution is 2.14. The van der Waals surface area contributed by atoms with Crippen LogP contribution in [0.1, 0.15) is 28.2 Å². The second kappa shape index (κ2) is 5.65. The molecule has 0 aliphatic heterocycles. The minimum absolute atomic E-state index is 0.0487.